The van der Waals surface area contributed by atoms with Crippen LogP contribution in [0.5, 0.6) is 0 Å². The summed E-state index contributed by atoms with van der Waals surface area (Å²) in [7, 11) is 0. The number of aromatic nitrogens is 2. The second kappa shape index (κ2) is 8.96. The van der Waals surface area contributed by atoms with Crippen LogP contribution in [-0.2, 0) is 20.7 Å². The Bertz CT molecular complexity index is 793. The largest absolute Gasteiger partial charge is 0.481 e. The Labute approximate surface area is 161 Å². The van der Waals surface area contributed by atoms with Crippen molar-refractivity contribution < 1.29 is 24.0 Å². The van der Waals surface area contributed by atoms with Gasteiger partial charge in [0.25, 0.3) is 0 Å². The van der Waals surface area contributed by atoms with Crippen LogP contribution in [-0.4, -0.2) is 57.8 Å². The summed E-state index contributed by atoms with van der Waals surface area (Å²) in [4.78, 5) is 29.1. The maximum atomic E-state index is 12.3. The molecule has 0 saturated carbocycles. The molecule has 0 bridgehead atoms. The van der Waals surface area contributed by atoms with Gasteiger partial charge in [0, 0.05) is 36.5 Å². The van der Waals surface area contributed by atoms with Gasteiger partial charge in [-0.25, -0.2) is 0 Å². The van der Waals surface area contributed by atoms with Gasteiger partial charge in [-0.2, -0.15) is 4.98 Å². The van der Waals surface area contributed by atoms with Crippen LogP contribution < -0.4 is 0 Å². The van der Waals surface area contributed by atoms with Gasteiger partial charge in [-0.15, -0.1) is 0 Å². The lowest BCUT2D eigenvalue weighted by atomic mass is 10.1. The average Bonchev–Trinajstić information content (AvgIpc) is 3.11. The lowest BCUT2D eigenvalue weighted by Gasteiger charge is -2.32. The first-order valence-corrected chi connectivity index (χ1v) is 9.09. The molecule has 2 heterocycles. The molecule has 1 fully saturated rings. The van der Waals surface area contributed by atoms with E-state index in [9.17, 15) is 9.59 Å². The number of carboxylic acid groups (broad SMARTS) is 1. The molecule has 0 spiro atoms. The number of hydrogen-bond acceptors (Lipinski definition) is 6. The second-order valence-corrected chi connectivity index (χ2v) is 6.74. The quantitative estimate of drug-likeness (QED) is 0.769. The standard InChI is InChI=1S/C18H20ClN3O5/c19-13-6-4-12(5-7-13)18-20-15(27-21-18)2-1-3-16(23)22-8-9-26-14(11-22)10-17(24)25/h4-7,14H,1-3,8-11H2,(H,24,25). The van der Waals surface area contributed by atoms with E-state index >= 15 is 0 Å². The Morgan fingerprint density at radius 2 is 2.07 bits per heavy atom. The van der Waals surface area contributed by atoms with Crippen molar-refractivity contribution >= 4 is 23.5 Å². The highest BCUT2D eigenvalue weighted by Gasteiger charge is 2.25. The number of carbonyl (C=O) groups excluding carboxylic acids is 1. The third kappa shape index (κ3) is 5.51. The number of carboxylic acids is 1. The Hall–Kier alpha value is -2.45. The number of rotatable bonds is 7. The first-order chi connectivity index (χ1) is 13.0. The molecular formula is C18H20ClN3O5. The third-order valence-corrected chi connectivity index (χ3v) is 4.50. The van der Waals surface area contributed by atoms with E-state index in [4.69, 9.17) is 26.0 Å². The van der Waals surface area contributed by atoms with E-state index in [1.54, 1.807) is 17.0 Å². The van der Waals surface area contributed by atoms with E-state index in [1.807, 2.05) is 12.1 Å². The van der Waals surface area contributed by atoms with Gasteiger partial charge in [-0.3, -0.25) is 9.59 Å². The predicted octanol–water partition coefficient (Wildman–Crippen LogP) is 2.41. The number of carbonyl (C=O) groups is 2. The molecule has 1 aliphatic rings. The molecule has 0 aliphatic carbocycles. The van der Waals surface area contributed by atoms with Gasteiger partial charge in [0.05, 0.1) is 19.1 Å². The molecule has 1 aromatic carbocycles. The number of hydrogen-bond donors (Lipinski definition) is 1. The smallest absolute Gasteiger partial charge is 0.306 e. The van der Waals surface area contributed by atoms with Crippen molar-refractivity contribution in [2.75, 3.05) is 19.7 Å². The third-order valence-electron chi connectivity index (χ3n) is 4.25. The number of benzene rings is 1. The summed E-state index contributed by atoms with van der Waals surface area (Å²) in [6.45, 7) is 1.15. The topological polar surface area (TPSA) is 106 Å². The number of aliphatic carboxylic acids is 1. The number of amides is 1. The van der Waals surface area contributed by atoms with E-state index in [2.05, 4.69) is 10.1 Å². The minimum atomic E-state index is -0.929. The highest BCUT2D eigenvalue weighted by Crippen LogP contribution is 2.19. The van der Waals surface area contributed by atoms with E-state index < -0.39 is 12.1 Å². The average molecular weight is 394 g/mol. The summed E-state index contributed by atoms with van der Waals surface area (Å²) in [5.74, 6) is 0.00415. The molecule has 1 aliphatic heterocycles. The minimum Gasteiger partial charge on any atom is -0.481 e. The Morgan fingerprint density at radius 1 is 1.30 bits per heavy atom. The lowest BCUT2D eigenvalue weighted by molar-refractivity contribution is -0.147. The molecule has 144 valence electrons. The fourth-order valence-corrected chi connectivity index (χ4v) is 3.01. The molecule has 1 unspecified atom stereocenters. The summed E-state index contributed by atoms with van der Waals surface area (Å²) in [5.41, 5.74) is 0.809. The molecule has 1 N–H and O–H groups in total. The highest BCUT2D eigenvalue weighted by atomic mass is 35.5. The summed E-state index contributed by atoms with van der Waals surface area (Å²) in [6.07, 6.45) is 0.854. The maximum absolute atomic E-state index is 12.3. The number of ether oxygens (including phenoxy) is 1. The van der Waals surface area contributed by atoms with Crippen molar-refractivity contribution in [1.82, 2.24) is 15.0 Å². The van der Waals surface area contributed by atoms with Gasteiger partial charge in [0.2, 0.25) is 17.6 Å². The van der Waals surface area contributed by atoms with Crippen LogP contribution in [0.15, 0.2) is 28.8 Å². The minimum absolute atomic E-state index is 0.0221. The van der Waals surface area contributed by atoms with Crippen LogP contribution >= 0.6 is 11.6 Å². The van der Waals surface area contributed by atoms with Gasteiger partial charge in [-0.1, -0.05) is 16.8 Å². The maximum Gasteiger partial charge on any atom is 0.306 e. The monoisotopic (exact) mass is 393 g/mol. The normalized spacial score (nSPS) is 17.1. The van der Waals surface area contributed by atoms with Crippen LogP contribution in [0.4, 0.5) is 0 Å². The Kier molecular flexibility index (Phi) is 6.41. The van der Waals surface area contributed by atoms with Crippen LogP contribution in [0.2, 0.25) is 5.02 Å². The molecule has 2 aromatic rings. The van der Waals surface area contributed by atoms with Crippen molar-refractivity contribution in [2.24, 2.45) is 0 Å². The molecule has 0 radical (unpaired) electrons. The van der Waals surface area contributed by atoms with Gasteiger partial charge < -0.3 is 19.3 Å². The van der Waals surface area contributed by atoms with E-state index in [1.165, 1.54) is 0 Å². The Morgan fingerprint density at radius 3 is 2.81 bits per heavy atom. The predicted molar refractivity (Wildman–Crippen MR) is 96.3 cm³/mol. The fraction of sp³-hybridized carbons (Fsp3) is 0.444. The molecular weight excluding hydrogens is 374 g/mol. The van der Waals surface area contributed by atoms with Crippen LogP contribution in [0.25, 0.3) is 11.4 Å². The zero-order chi connectivity index (χ0) is 19.2. The molecule has 9 heteroatoms. The molecule has 1 atom stereocenters. The van der Waals surface area contributed by atoms with Gasteiger partial charge in [0.1, 0.15) is 0 Å². The summed E-state index contributed by atoms with van der Waals surface area (Å²) < 4.78 is 10.6. The van der Waals surface area contributed by atoms with Crippen molar-refractivity contribution in [3.8, 4) is 11.4 Å². The second-order valence-electron chi connectivity index (χ2n) is 6.30. The number of morpholine rings is 1. The molecule has 1 saturated heterocycles. The summed E-state index contributed by atoms with van der Waals surface area (Å²) in [6, 6.07) is 7.13. The molecule has 1 aromatic heterocycles. The van der Waals surface area contributed by atoms with Crippen molar-refractivity contribution in [3.05, 3.63) is 35.2 Å². The first kappa shape index (κ1) is 19.3. The SMILES string of the molecule is O=C(O)CC1CN(C(=O)CCCc2nc(-c3ccc(Cl)cc3)no2)CCO1. The van der Waals surface area contributed by atoms with E-state index in [0.717, 1.165) is 5.56 Å². The number of nitrogens with zero attached hydrogens (tertiary/aromatic N) is 3. The molecule has 27 heavy (non-hydrogen) atoms. The number of aryl methyl sites for hydroxylation is 1. The van der Waals surface area contributed by atoms with Crippen LogP contribution in [0, 0.1) is 0 Å². The lowest BCUT2D eigenvalue weighted by Crippen LogP contribution is -2.46. The molecule has 3 rings (SSSR count). The van der Waals surface area contributed by atoms with Gasteiger partial charge in [0.15, 0.2) is 0 Å². The first-order valence-electron chi connectivity index (χ1n) is 8.71. The zero-order valence-electron chi connectivity index (χ0n) is 14.6. The zero-order valence-corrected chi connectivity index (χ0v) is 15.4. The van der Waals surface area contributed by atoms with E-state index in [0.29, 0.717) is 55.7 Å². The number of halogens is 1. The van der Waals surface area contributed by atoms with Crippen molar-refractivity contribution in [1.29, 1.82) is 0 Å². The fourth-order valence-electron chi connectivity index (χ4n) is 2.89. The van der Waals surface area contributed by atoms with Gasteiger partial charge >= 0.3 is 5.97 Å². The summed E-state index contributed by atoms with van der Waals surface area (Å²) >= 11 is 5.86. The summed E-state index contributed by atoms with van der Waals surface area (Å²) in [5, 5.41) is 13.4. The van der Waals surface area contributed by atoms with E-state index in [-0.39, 0.29) is 12.3 Å². The van der Waals surface area contributed by atoms with Crippen LogP contribution in [0.3, 0.4) is 0 Å². The van der Waals surface area contributed by atoms with Crippen molar-refractivity contribution in [2.45, 2.75) is 31.8 Å². The van der Waals surface area contributed by atoms with Crippen molar-refractivity contribution in [3.63, 3.8) is 0 Å². The Balaban J connectivity index is 1.46. The molecule has 8 nitrogen and oxygen atoms in total. The van der Waals surface area contributed by atoms with Gasteiger partial charge in [-0.05, 0) is 30.7 Å². The highest BCUT2D eigenvalue weighted by molar-refractivity contribution is 6.30. The van der Waals surface area contributed by atoms with Crippen LogP contribution in [0.1, 0.15) is 25.2 Å². The molecule has 1 amide bonds.